The molecule has 5 nitrogen and oxygen atoms in total. The van der Waals surface area contributed by atoms with Crippen LogP contribution in [0.4, 0.5) is 5.82 Å². The number of nitrogens with zero attached hydrogens (tertiary/aromatic N) is 3. The van der Waals surface area contributed by atoms with E-state index in [1.54, 1.807) is 0 Å². The Morgan fingerprint density at radius 3 is 2.75 bits per heavy atom. The number of carbonyl (C=O) groups is 1. The number of carbonyl (C=O) groups excluding carboxylic acids is 1. The maximum Gasteiger partial charge on any atom is 0.252 e. The van der Waals surface area contributed by atoms with E-state index in [9.17, 15) is 4.79 Å². The first-order valence-electron chi connectivity index (χ1n) is 10.2. The third kappa shape index (κ3) is 3.44. The van der Waals surface area contributed by atoms with Gasteiger partial charge in [0, 0.05) is 42.8 Å². The predicted molar refractivity (Wildman–Crippen MR) is 111 cm³/mol. The van der Waals surface area contributed by atoms with Gasteiger partial charge in [-0.3, -0.25) is 9.78 Å². The first-order valence-corrected chi connectivity index (χ1v) is 10.2. The molecule has 1 saturated heterocycles. The monoisotopic (exact) mass is 372 g/mol. The van der Waals surface area contributed by atoms with Gasteiger partial charge in [-0.05, 0) is 55.5 Å². The minimum atomic E-state index is -0.0416. The summed E-state index contributed by atoms with van der Waals surface area (Å²) in [6.45, 7) is 2.63. The van der Waals surface area contributed by atoms with Crippen LogP contribution in [-0.2, 0) is 6.54 Å². The second-order valence-electron chi connectivity index (χ2n) is 7.79. The van der Waals surface area contributed by atoms with Gasteiger partial charge < -0.3 is 10.2 Å². The number of benzene rings is 1. The number of pyridine rings is 2. The number of aromatic nitrogens is 2. The normalized spacial score (nSPS) is 16.5. The molecule has 5 rings (SSSR count). The highest BCUT2D eigenvalue weighted by atomic mass is 16.1. The van der Waals surface area contributed by atoms with Gasteiger partial charge in [-0.15, -0.1) is 0 Å². The molecule has 1 saturated carbocycles. The van der Waals surface area contributed by atoms with Crippen molar-refractivity contribution in [3.63, 3.8) is 0 Å². The average molecular weight is 372 g/mol. The molecule has 3 heterocycles. The van der Waals surface area contributed by atoms with Crippen molar-refractivity contribution in [1.82, 2.24) is 15.3 Å². The van der Waals surface area contributed by atoms with Gasteiger partial charge in [0.1, 0.15) is 5.82 Å². The van der Waals surface area contributed by atoms with Crippen molar-refractivity contribution in [3.05, 3.63) is 65.5 Å². The molecular weight excluding hydrogens is 348 g/mol. The molecule has 1 aliphatic heterocycles. The summed E-state index contributed by atoms with van der Waals surface area (Å²) < 4.78 is 0. The second kappa shape index (κ2) is 7.23. The van der Waals surface area contributed by atoms with Crippen molar-refractivity contribution < 1.29 is 4.79 Å². The van der Waals surface area contributed by atoms with Crippen LogP contribution in [0.1, 0.15) is 53.2 Å². The maximum atomic E-state index is 13.0. The zero-order chi connectivity index (χ0) is 18.9. The quantitative estimate of drug-likeness (QED) is 0.734. The summed E-state index contributed by atoms with van der Waals surface area (Å²) in [6.07, 6.45) is 6.62. The van der Waals surface area contributed by atoms with Gasteiger partial charge in [-0.1, -0.05) is 18.2 Å². The number of hydrogen-bond donors (Lipinski definition) is 1. The summed E-state index contributed by atoms with van der Waals surface area (Å²) in [4.78, 5) is 24.6. The Morgan fingerprint density at radius 2 is 1.93 bits per heavy atom. The van der Waals surface area contributed by atoms with Gasteiger partial charge in [0.05, 0.1) is 11.1 Å². The van der Waals surface area contributed by atoms with Crippen LogP contribution >= 0.6 is 0 Å². The molecule has 1 aliphatic carbocycles. The molecule has 1 aromatic carbocycles. The second-order valence-corrected chi connectivity index (χ2v) is 7.79. The molecule has 3 aromatic rings. The van der Waals surface area contributed by atoms with Crippen molar-refractivity contribution in [3.8, 4) is 0 Å². The number of hydrogen-bond acceptors (Lipinski definition) is 4. The Kier molecular flexibility index (Phi) is 4.43. The summed E-state index contributed by atoms with van der Waals surface area (Å²) in [5.41, 5.74) is 3.74. The first-order chi connectivity index (χ1) is 13.8. The summed E-state index contributed by atoms with van der Waals surface area (Å²) >= 11 is 0. The summed E-state index contributed by atoms with van der Waals surface area (Å²) in [5, 5.41) is 4.01. The number of nitrogens with one attached hydrogen (secondary N) is 1. The van der Waals surface area contributed by atoms with Crippen LogP contribution < -0.4 is 10.2 Å². The van der Waals surface area contributed by atoms with Crippen LogP contribution in [0.25, 0.3) is 10.9 Å². The molecule has 2 aliphatic rings. The highest BCUT2D eigenvalue weighted by Crippen LogP contribution is 2.40. The van der Waals surface area contributed by atoms with E-state index in [4.69, 9.17) is 4.98 Å². The molecule has 2 fully saturated rings. The third-order valence-electron chi connectivity index (χ3n) is 5.67. The fourth-order valence-electron chi connectivity index (χ4n) is 3.94. The van der Waals surface area contributed by atoms with Crippen LogP contribution in [0.3, 0.4) is 0 Å². The van der Waals surface area contributed by atoms with E-state index in [0.29, 0.717) is 12.5 Å². The Labute approximate surface area is 164 Å². The van der Waals surface area contributed by atoms with E-state index in [0.717, 1.165) is 46.6 Å². The maximum absolute atomic E-state index is 13.0. The lowest BCUT2D eigenvalue weighted by Crippen LogP contribution is -2.24. The topological polar surface area (TPSA) is 58.1 Å². The van der Waals surface area contributed by atoms with Crippen molar-refractivity contribution >= 4 is 22.6 Å². The van der Waals surface area contributed by atoms with Crippen LogP contribution in [-0.4, -0.2) is 29.0 Å². The fourth-order valence-corrected chi connectivity index (χ4v) is 3.94. The number of anilines is 1. The molecule has 5 heteroatoms. The van der Waals surface area contributed by atoms with Gasteiger partial charge in [0.15, 0.2) is 0 Å². The average Bonchev–Trinajstić information content (AvgIpc) is 3.45. The highest BCUT2D eigenvalue weighted by molar-refractivity contribution is 6.06. The lowest BCUT2D eigenvalue weighted by atomic mass is 10.1. The molecular formula is C23H24N4O. The predicted octanol–water partition coefficient (Wildman–Crippen LogP) is 4.04. The van der Waals surface area contributed by atoms with Gasteiger partial charge in [-0.25, -0.2) is 4.98 Å². The summed E-state index contributed by atoms with van der Waals surface area (Å²) in [6, 6.07) is 14.0. The van der Waals surface area contributed by atoms with Crippen LogP contribution in [0, 0.1) is 0 Å². The lowest BCUT2D eigenvalue weighted by Gasteiger charge is -2.17. The molecule has 1 N–H and O–H groups in total. The standard InChI is InChI=1S/C23H24N4O/c28-23(25-15-16-9-10-24-22(13-16)27-11-3-4-12-27)19-14-21(17-7-8-17)26-20-6-2-1-5-18(19)20/h1-2,5-6,9-10,13-14,17H,3-4,7-8,11-12,15H2,(H,25,28). The van der Waals surface area contributed by atoms with E-state index in [2.05, 4.69) is 21.3 Å². The molecule has 1 amide bonds. The van der Waals surface area contributed by atoms with E-state index in [1.165, 1.54) is 25.7 Å². The number of para-hydroxylation sites is 1. The zero-order valence-electron chi connectivity index (χ0n) is 15.9. The largest absolute Gasteiger partial charge is 0.357 e. The van der Waals surface area contributed by atoms with E-state index >= 15 is 0 Å². The molecule has 142 valence electrons. The third-order valence-corrected chi connectivity index (χ3v) is 5.67. The summed E-state index contributed by atoms with van der Waals surface area (Å²) in [7, 11) is 0. The van der Waals surface area contributed by atoms with Crippen LogP contribution in [0.2, 0.25) is 0 Å². The van der Waals surface area contributed by atoms with E-state index in [-0.39, 0.29) is 5.91 Å². The fraction of sp³-hybridized carbons (Fsp3) is 0.348. The van der Waals surface area contributed by atoms with Crippen LogP contribution in [0.15, 0.2) is 48.7 Å². The van der Waals surface area contributed by atoms with E-state index < -0.39 is 0 Å². The molecule has 0 atom stereocenters. The van der Waals surface area contributed by atoms with Gasteiger partial charge in [0.2, 0.25) is 0 Å². The molecule has 28 heavy (non-hydrogen) atoms. The van der Waals surface area contributed by atoms with E-state index in [1.807, 2.05) is 42.6 Å². The Balaban J connectivity index is 1.36. The Bertz CT molecular complexity index is 1020. The van der Waals surface area contributed by atoms with Gasteiger partial charge >= 0.3 is 0 Å². The van der Waals surface area contributed by atoms with Crippen molar-refractivity contribution in [2.75, 3.05) is 18.0 Å². The minimum absolute atomic E-state index is 0.0416. The first kappa shape index (κ1) is 17.2. The lowest BCUT2D eigenvalue weighted by molar-refractivity contribution is 0.0952. The van der Waals surface area contributed by atoms with Gasteiger partial charge in [0.25, 0.3) is 5.91 Å². The number of fused-ring (bicyclic) bond motifs is 1. The molecule has 0 spiro atoms. The molecule has 2 aromatic heterocycles. The van der Waals surface area contributed by atoms with Crippen molar-refractivity contribution in [1.29, 1.82) is 0 Å². The smallest absolute Gasteiger partial charge is 0.252 e. The minimum Gasteiger partial charge on any atom is -0.357 e. The number of rotatable bonds is 5. The molecule has 0 unspecified atom stereocenters. The van der Waals surface area contributed by atoms with Crippen molar-refractivity contribution in [2.24, 2.45) is 0 Å². The summed E-state index contributed by atoms with van der Waals surface area (Å²) in [5.74, 6) is 1.48. The SMILES string of the molecule is O=C(NCc1ccnc(N2CCCC2)c1)c1cc(C2CC2)nc2ccccc12. The van der Waals surface area contributed by atoms with Crippen LogP contribution in [0.5, 0.6) is 0 Å². The molecule has 0 bridgehead atoms. The highest BCUT2D eigenvalue weighted by Gasteiger charge is 2.27. The molecule has 0 radical (unpaired) electrons. The Hall–Kier alpha value is -2.95. The number of amides is 1. The Morgan fingerprint density at radius 1 is 1.11 bits per heavy atom. The van der Waals surface area contributed by atoms with Gasteiger partial charge in [-0.2, -0.15) is 0 Å². The van der Waals surface area contributed by atoms with Crippen molar-refractivity contribution in [2.45, 2.75) is 38.1 Å². The zero-order valence-corrected chi connectivity index (χ0v) is 15.9.